The molecule has 0 bridgehead atoms. The van der Waals surface area contributed by atoms with Crippen LogP contribution >= 0.6 is 0 Å². The zero-order valence-electron chi connectivity index (χ0n) is 16.4. The highest BCUT2D eigenvalue weighted by molar-refractivity contribution is 5.93. The predicted octanol–water partition coefficient (Wildman–Crippen LogP) is 4.28. The highest BCUT2D eigenvalue weighted by Crippen LogP contribution is 2.15. The third kappa shape index (κ3) is 4.52. The molecule has 0 aliphatic heterocycles. The summed E-state index contributed by atoms with van der Waals surface area (Å²) in [6, 6.07) is 28.8. The van der Waals surface area contributed by atoms with Gasteiger partial charge in [0.1, 0.15) is 11.4 Å². The van der Waals surface area contributed by atoms with E-state index in [1.165, 1.54) is 6.20 Å². The Kier molecular flexibility index (Phi) is 5.80. The topological polar surface area (TPSA) is 66.1 Å². The van der Waals surface area contributed by atoms with Gasteiger partial charge in [-0.2, -0.15) is 0 Å². The van der Waals surface area contributed by atoms with Crippen molar-refractivity contribution in [2.24, 2.45) is 0 Å². The number of nitrogens with zero attached hydrogens (tertiary/aromatic N) is 2. The van der Waals surface area contributed by atoms with Crippen LogP contribution in [-0.4, -0.2) is 20.8 Å². The zero-order chi connectivity index (χ0) is 20.8. The first-order valence-corrected chi connectivity index (χ1v) is 9.72. The molecular weight excluding hydrogens is 374 g/mol. The summed E-state index contributed by atoms with van der Waals surface area (Å²) in [6.45, 7) is 0.795. The fraction of sp³-hybridized carbons (Fsp3) is 0.0800. The van der Waals surface area contributed by atoms with E-state index in [1.54, 1.807) is 4.90 Å². The Labute approximate surface area is 174 Å². The highest BCUT2D eigenvalue weighted by atomic mass is 16.2. The summed E-state index contributed by atoms with van der Waals surface area (Å²) < 4.78 is 0. The van der Waals surface area contributed by atoms with Gasteiger partial charge in [0.15, 0.2) is 0 Å². The second kappa shape index (κ2) is 9.01. The first-order chi connectivity index (χ1) is 14.7. The average Bonchev–Trinajstić information content (AvgIpc) is 2.80. The van der Waals surface area contributed by atoms with Gasteiger partial charge in [0.05, 0.1) is 0 Å². The van der Waals surface area contributed by atoms with Crippen LogP contribution in [-0.2, 0) is 13.1 Å². The Bertz CT molecular complexity index is 1130. The quantitative estimate of drug-likeness (QED) is 0.530. The summed E-state index contributed by atoms with van der Waals surface area (Å²) in [5, 5.41) is 0. The lowest BCUT2D eigenvalue weighted by atomic mass is 10.1. The standard InChI is InChI=1S/C25H21N3O2/c29-24-22(16-26-23(27-24)21-14-8-3-9-15-21)25(30)28(17-19-10-4-1-5-11-19)18-20-12-6-2-7-13-20/h1-16H,17-18H2,(H,26,27,29). The average molecular weight is 395 g/mol. The summed E-state index contributed by atoms with van der Waals surface area (Å²) in [5.74, 6) is 0.0888. The van der Waals surface area contributed by atoms with E-state index in [9.17, 15) is 9.59 Å². The second-order valence-electron chi connectivity index (χ2n) is 6.97. The van der Waals surface area contributed by atoms with Crippen molar-refractivity contribution in [2.45, 2.75) is 13.1 Å². The monoisotopic (exact) mass is 395 g/mol. The molecule has 0 spiro atoms. The number of aromatic nitrogens is 2. The van der Waals surface area contributed by atoms with Gasteiger partial charge in [-0.25, -0.2) is 4.98 Å². The van der Waals surface area contributed by atoms with Crippen LogP contribution in [0.4, 0.5) is 0 Å². The molecule has 0 unspecified atom stereocenters. The molecule has 0 atom stereocenters. The number of aromatic amines is 1. The fourth-order valence-electron chi connectivity index (χ4n) is 3.27. The molecular formula is C25H21N3O2. The molecule has 0 aliphatic rings. The molecule has 4 aromatic rings. The summed E-state index contributed by atoms with van der Waals surface area (Å²) in [4.78, 5) is 34.7. The van der Waals surface area contributed by atoms with Crippen LogP contribution in [0.15, 0.2) is 102 Å². The van der Waals surface area contributed by atoms with E-state index in [4.69, 9.17) is 0 Å². The van der Waals surface area contributed by atoms with Crippen molar-refractivity contribution in [2.75, 3.05) is 0 Å². The van der Waals surface area contributed by atoms with Crippen molar-refractivity contribution in [1.82, 2.24) is 14.9 Å². The van der Waals surface area contributed by atoms with Crippen molar-refractivity contribution in [3.63, 3.8) is 0 Å². The lowest BCUT2D eigenvalue weighted by Gasteiger charge is -2.23. The van der Waals surface area contributed by atoms with E-state index in [-0.39, 0.29) is 11.5 Å². The molecule has 1 amide bonds. The number of carbonyl (C=O) groups is 1. The molecule has 5 nitrogen and oxygen atoms in total. The van der Waals surface area contributed by atoms with Crippen LogP contribution in [0.1, 0.15) is 21.5 Å². The molecule has 0 saturated carbocycles. The van der Waals surface area contributed by atoms with Crippen LogP contribution in [0.3, 0.4) is 0 Å². The number of hydrogen-bond donors (Lipinski definition) is 1. The normalized spacial score (nSPS) is 10.5. The number of H-pyrrole nitrogens is 1. The summed E-state index contributed by atoms with van der Waals surface area (Å²) >= 11 is 0. The van der Waals surface area contributed by atoms with E-state index in [0.29, 0.717) is 18.9 Å². The van der Waals surface area contributed by atoms with Crippen molar-refractivity contribution in [1.29, 1.82) is 0 Å². The molecule has 30 heavy (non-hydrogen) atoms. The Morgan fingerprint density at radius 3 is 1.77 bits per heavy atom. The van der Waals surface area contributed by atoms with Crippen molar-refractivity contribution < 1.29 is 4.79 Å². The first kappa shape index (κ1) is 19.3. The van der Waals surface area contributed by atoms with Gasteiger partial charge in [-0.1, -0.05) is 91.0 Å². The summed E-state index contributed by atoms with van der Waals surface area (Å²) in [6.07, 6.45) is 1.37. The molecule has 148 valence electrons. The molecule has 0 aliphatic carbocycles. The van der Waals surface area contributed by atoms with Crippen LogP contribution in [0.25, 0.3) is 11.4 Å². The maximum Gasteiger partial charge on any atom is 0.264 e. The van der Waals surface area contributed by atoms with Gasteiger partial charge in [-0.15, -0.1) is 0 Å². The molecule has 5 heteroatoms. The molecule has 3 aromatic carbocycles. The first-order valence-electron chi connectivity index (χ1n) is 9.72. The number of rotatable bonds is 6. The third-order valence-electron chi connectivity index (χ3n) is 4.80. The lowest BCUT2D eigenvalue weighted by molar-refractivity contribution is 0.0727. The molecule has 1 aromatic heterocycles. The molecule has 4 rings (SSSR count). The van der Waals surface area contributed by atoms with Crippen molar-refractivity contribution in [3.8, 4) is 11.4 Å². The largest absolute Gasteiger partial charge is 0.330 e. The smallest absolute Gasteiger partial charge is 0.264 e. The SMILES string of the molecule is O=C(c1cnc(-c2ccccc2)[nH]c1=O)N(Cc1ccccc1)Cc1ccccc1. The third-order valence-corrected chi connectivity index (χ3v) is 4.80. The molecule has 1 heterocycles. The number of benzene rings is 3. The minimum atomic E-state index is -0.444. The minimum absolute atomic E-state index is 0.0292. The van der Waals surface area contributed by atoms with Gasteiger partial charge >= 0.3 is 0 Å². The minimum Gasteiger partial charge on any atom is -0.330 e. The molecule has 1 N–H and O–H groups in total. The van der Waals surface area contributed by atoms with Gasteiger partial charge in [0.25, 0.3) is 11.5 Å². The second-order valence-corrected chi connectivity index (χ2v) is 6.97. The Hall–Kier alpha value is -3.99. The lowest BCUT2D eigenvalue weighted by Crippen LogP contribution is -2.34. The van der Waals surface area contributed by atoms with Gasteiger partial charge in [-0.05, 0) is 11.1 Å². The van der Waals surface area contributed by atoms with Crippen LogP contribution in [0.2, 0.25) is 0 Å². The Balaban J connectivity index is 1.64. The highest BCUT2D eigenvalue weighted by Gasteiger charge is 2.20. The van der Waals surface area contributed by atoms with E-state index in [0.717, 1.165) is 16.7 Å². The van der Waals surface area contributed by atoms with E-state index >= 15 is 0 Å². The predicted molar refractivity (Wildman–Crippen MR) is 117 cm³/mol. The fourth-order valence-corrected chi connectivity index (χ4v) is 3.27. The van der Waals surface area contributed by atoms with E-state index < -0.39 is 5.56 Å². The van der Waals surface area contributed by atoms with Crippen LogP contribution in [0.5, 0.6) is 0 Å². The van der Waals surface area contributed by atoms with E-state index in [2.05, 4.69) is 9.97 Å². The maximum absolute atomic E-state index is 13.3. The van der Waals surface area contributed by atoms with Crippen molar-refractivity contribution >= 4 is 5.91 Å². The van der Waals surface area contributed by atoms with Crippen LogP contribution < -0.4 is 5.56 Å². The molecule has 0 fully saturated rings. The number of nitrogens with one attached hydrogen (secondary N) is 1. The zero-order valence-corrected chi connectivity index (χ0v) is 16.4. The van der Waals surface area contributed by atoms with Crippen molar-refractivity contribution in [3.05, 3.63) is 124 Å². The number of amides is 1. The number of hydrogen-bond acceptors (Lipinski definition) is 3. The van der Waals surface area contributed by atoms with Gasteiger partial charge in [0, 0.05) is 24.8 Å². The maximum atomic E-state index is 13.3. The van der Waals surface area contributed by atoms with Crippen LogP contribution in [0, 0.1) is 0 Å². The Morgan fingerprint density at radius 2 is 1.27 bits per heavy atom. The van der Waals surface area contributed by atoms with Gasteiger partial charge in [0.2, 0.25) is 0 Å². The number of carbonyl (C=O) groups excluding carboxylic acids is 1. The molecule has 0 saturated heterocycles. The van der Waals surface area contributed by atoms with E-state index in [1.807, 2.05) is 91.0 Å². The summed E-state index contributed by atoms with van der Waals surface area (Å²) in [5.41, 5.74) is 2.36. The van der Waals surface area contributed by atoms with Gasteiger partial charge in [-0.3, -0.25) is 9.59 Å². The Morgan fingerprint density at radius 1 is 0.767 bits per heavy atom. The molecule has 0 radical (unpaired) electrons. The van der Waals surface area contributed by atoms with Gasteiger partial charge < -0.3 is 9.88 Å². The summed E-state index contributed by atoms with van der Waals surface area (Å²) in [7, 11) is 0.